The number of nitrogens with zero attached hydrogens (tertiary/aromatic N) is 3. The Morgan fingerprint density at radius 3 is 2.59 bits per heavy atom. The summed E-state index contributed by atoms with van der Waals surface area (Å²) in [5.74, 6) is 1.64. The van der Waals surface area contributed by atoms with Gasteiger partial charge in [-0.25, -0.2) is 0 Å². The van der Waals surface area contributed by atoms with Crippen LogP contribution in [0.15, 0.2) is 58.6 Å². The van der Waals surface area contributed by atoms with Crippen molar-refractivity contribution in [3.8, 4) is 5.75 Å². The minimum atomic E-state index is 0.568. The summed E-state index contributed by atoms with van der Waals surface area (Å²) in [5.41, 5.74) is 5.70. The highest BCUT2D eigenvalue weighted by molar-refractivity contribution is 5.84. The fourth-order valence-electron chi connectivity index (χ4n) is 4.79. The lowest BCUT2D eigenvalue weighted by Crippen LogP contribution is -2.33. The molecule has 1 saturated heterocycles. The molecule has 0 atom stereocenters. The predicted molar refractivity (Wildman–Crippen MR) is 139 cm³/mol. The highest BCUT2D eigenvalue weighted by Crippen LogP contribution is 2.33. The summed E-state index contributed by atoms with van der Waals surface area (Å²) >= 11 is 0. The number of likely N-dealkylation sites (tertiary alicyclic amines) is 1. The van der Waals surface area contributed by atoms with Gasteiger partial charge in [-0.1, -0.05) is 41.1 Å². The Morgan fingerprint density at radius 2 is 1.88 bits per heavy atom. The molecule has 0 amide bonds. The largest absolute Gasteiger partial charge is 0.489 e. The zero-order valence-electron chi connectivity index (χ0n) is 21.2. The Kier molecular flexibility index (Phi) is 8.41. The van der Waals surface area contributed by atoms with Crippen molar-refractivity contribution in [3.05, 3.63) is 70.9 Å². The highest BCUT2D eigenvalue weighted by atomic mass is 16.5. The highest BCUT2D eigenvalue weighted by Gasteiger charge is 2.22. The molecule has 1 aliphatic rings. The Hall–Kier alpha value is -2.63. The molecule has 0 unspecified atom stereocenters. The summed E-state index contributed by atoms with van der Waals surface area (Å²) in [5, 5.41) is 5.63. The molecule has 1 fully saturated rings. The molecule has 5 nitrogen and oxygen atoms in total. The maximum atomic E-state index is 6.08. The van der Waals surface area contributed by atoms with E-state index in [0.717, 1.165) is 53.4 Å². The van der Waals surface area contributed by atoms with Crippen LogP contribution in [0, 0.1) is 5.92 Å². The van der Waals surface area contributed by atoms with Gasteiger partial charge in [-0.05, 0) is 96.4 Å². The van der Waals surface area contributed by atoms with Gasteiger partial charge in [0, 0.05) is 18.5 Å². The number of ether oxygens (including phenoxy) is 1. The molecule has 4 rings (SSSR count). The van der Waals surface area contributed by atoms with Crippen molar-refractivity contribution in [2.24, 2.45) is 5.92 Å². The molecule has 0 N–H and O–H groups in total. The van der Waals surface area contributed by atoms with E-state index in [-0.39, 0.29) is 0 Å². The van der Waals surface area contributed by atoms with Crippen molar-refractivity contribution in [2.75, 3.05) is 33.8 Å². The van der Waals surface area contributed by atoms with Crippen molar-refractivity contribution in [3.63, 3.8) is 0 Å². The van der Waals surface area contributed by atoms with Gasteiger partial charge in [0.15, 0.2) is 5.58 Å². The maximum Gasteiger partial charge on any atom is 0.175 e. The average Bonchev–Trinajstić information content (AvgIpc) is 3.23. The Morgan fingerprint density at radius 1 is 1.12 bits per heavy atom. The molecule has 182 valence electrons. The summed E-state index contributed by atoms with van der Waals surface area (Å²) in [7, 11) is 4.14. The molecule has 1 aliphatic heterocycles. The number of hydrogen-bond donors (Lipinski definition) is 0. The van der Waals surface area contributed by atoms with Gasteiger partial charge < -0.3 is 14.2 Å². The number of aryl methyl sites for hydroxylation is 1. The van der Waals surface area contributed by atoms with Gasteiger partial charge in [-0.15, -0.1) is 0 Å². The van der Waals surface area contributed by atoms with Crippen LogP contribution in [0.5, 0.6) is 5.75 Å². The van der Waals surface area contributed by atoms with E-state index >= 15 is 0 Å². The van der Waals surface area contributed by atoms with Gasteiger partial charge in [0.2, 0.25) is 0 Å². The second-order valence-corrected chi connectivity index (χ2v) is 10.1. The standard InChI is InChI=1S/C29H39N3O2/c1-22(2)16-19-33-28-13-11-25-27(30-34-29(25)26(28)21-31(3)4)12-10-23-14-17-32(18-15-23)20-24-8-6-5-7-9-24/h5-9,11,13,16,23H,10,12,14-15,17-21H2,1-4H3. The number of piperidine rings is 1. The maximum absolute atomic E-state index is 6.08. The first-order valence-electron chi connectivity index (χ1n) is 12.6. The predicted octanol–water partition coefficient (Wildman–Crippen LogP) is 6.08. The molecule has 34 heavy (non-hydrogen) atoms. The lowest BCUT2D eigenvalue weighted by atomic mass is 9.91. The molecule has 0 bridgehead atoms. The van der Waals surface area contributed by atoms with E-state index in [1.54, 1.807) is 0 Å². The SMILES string of the molecule is CC(C)=CCOc1ccc2c(CCC3CCN(Cc4ccccc4)CC3)noc2c1CN(C)C. The normalized spacial score (nSPS) is 15.2. The van der Waals surface area contributed by atoms with E-state index in [2.05, 4.69) is 91.4 Å². The van der Waals surface area contributed by atoms with Gasteiger partial charge in [0.1, 0.15) is 12.4 Å². The first-order chi connectivity index (χ1) is 16.5. The van der Waals surface area contributed by atoms with Crippen LogP contribution in [-0.4, -0.2) is 48.7 Å². The number of hydrogen-bond acceptors (Lipinski definition) is 5. The van der Waals surface area contributed by atoms with Crippen LogP contribution < -0.4 is 4.74 Å². The van der Waals surface area contributed by atoms with Crippen LogP contribution in [0.1, 0.15) is 49.9 Å². The van der Waals surface area contributed by atoms with Crippen molar-refractivity contribution in [1.82, 2.24) is 15.0 Å². The molecule has 2 heterocycles. The van der Waals surface area contributed by atoms with E-state index in [9.17, 15) is 0 Å². The number of benzene rings is 2. The van der Waals surface area contributed by atoms with Crippen LogP contribution in [0.2, 0.25) is 0 Å². The molecule has 5 heteroatoms. The summed E-state index contributed by atoms with van der Waals surface area (Å²) < 4.78 is 12.0. The van der Waals surface area contributed by atoms with Crippen LogP contribution in [0.25, 0.3) is 11.0 Å². The molecule has 0 aliphatic carbocycles. The van der Waals surface area contributed by atoms with Gasteiger partial charge in [0.25, 0.3) is 0 Å². The molecule has 0 spiro atoms. The first kappa shape index (κ1) is 24.5. The quantitative estimate of drug-likeness (QED) is 0.342. The smallest absolute Gasteiger partial charge is 0.175 e. The zero-order chi connectivity index (χ0) is 23.9. The first-order valence-corrected chi connectivity index (χ1v) is 12.6. The van der Waals surface area contributed by atoms with E-state index in [4.69, 9.17) is 9.26 Å². The van der Waals surface area contributed by atoms with Crippen molar-refractivity contribution >= 4 is 11.0 Å². The third kappa shape index (κ3) is 6.49. The molecule has 0 radical (unpaired) electrons. The van der Waals surface area contributed by atoms with Crippen LogP contribution in [0.3, 0.4) is 0 Å². The monoisotopic (exact) mass is 461 g/mol. The summed E-state index contributed by atoms with van der Waals surface area (Å²) in [4.78, 5) is 4.73. The van der Waals surface area contributed by atoms with E-state index < -0.39 is 0 Å². The van der Waals surface area contributed by atoms with E-state index in [1.807, 2.05) is 0 Å². The zero-order valence-corrected chi connectivity index (χ0v) is 21.2. The molecular weight excluding hydrogens is 422 g/mol. The van der Waals surface area contributed by atoms with Gasteiger partial charge in [-0.3, -0.25) is 4.90 Å². The summed E-state index contributed by atoms with van der Waals surface area (Å²) in [6.07, 6.45) is 6.76. The van der Waals surface area contributed by atoms with E-state index in [0.29, 0.717) is 6.61 Å². The number of aromatic nitrogens is 1. The topological polar surface area (TPSA) is 41.7 Å². The Labute approximate surface area is 204 Å². The third-order valence-corrected chi connectivity index (χ3v) is 6.73. The second-order valence-electron chi connectivity index (χ2n) is 10.1. The average molecular weight is 462 g/mol. The Bertz CT molecular complexity index is 1080. The van der Waals surface area contributed by atoms with Gasteiger partial charge in [0.05, 0.1) is 11.3 Å². The molecule has 3 aromatic rings. The van der Waals surface area contributed by atoms with Crippen molar-refractivity contribution in [2.45, 2.75) is 52.6 Å². The molecule has 2 aromatic carbocycles. The van der Waals surface area contributed by atoms with Gasteiger partial charge in [-0.2, -0.15) is 0 Å². The fraction of sp³-hybridized carbons (Fsp3) is 0.483. The summed E-state index contributed by atoms with van der Waals surface area (Å²) in [6, 6.07) is 15.0. The van der Waals surface area contributed by atoms with Gasteiger partial charge >= 0.3 is 0 Å². The fourth-order valence-corrected chi connectivity index (χ4v) is 4.79. The number of fused-ring (bicyclic) bond motifs is 1. The van der Waals surface area contributed by atoms with Crippen molar-refractivity contribution in [1.29, 1.82) is 0 Å². The van der Waals surface area contributed by atoms with Crippen LogP contribution >= 0.6 is 0 Å². The summed E-state index contributed by atoms with van der Waals surface area (Å²) in [6.45, 7) is 8.92. The number of allylic oxidation sites excluding steroid dienone is 1. The van der Waals surface area contributed by atoms with E-state index in [1.165, 1.54) is 43.5 Å². The minimum absolute atomic E-state index is 0.568. The minimum Gasteiger partial charge on any atom is -0.489 e. The molecule has 1 aromatic heterocycles. The third-order valence-electron chi connectivity index (χ3n) is 6.73. The molecule has 0 saturated carbocycles. The number of rotatable bonds is 10. The van der Waals surface area contributed by atoms with Crippen LogP contribution in [-0.2, 0) is 19.5 Å². The lowest BCUT2D eigenvalue weighted by molar-refractivity contribution is 0.172. The lowest BCUT2D eigenvalue weighted by Gasteiger charge is -2.31. The second kappa shape index (κ2) is 11.7. The van der Waals surface area contributed by atoms with Crippen molar-refractivity contribution < 1.29 is 9.26 Å². The Balaban J connectivity index is 1.37. The van der Waals surface area contributed by atoms with Crippen LogP contribution in [0.4, 0.5) is 0 Å². The molecular formula is C29H39N3O2.